The van der Waals surface area contributed by atoms with Gasteiger partial charge in [-0.2, -0.15) is 0 Å². The van der Waals surface area contributed by atoms with Gasteiger partial charge in [0.1, 0.15) is 24.5 Å². The highest BCUT2D eigenvalue weighted by Crippen LogP contribution is 2.18. The van der Waals surface area contributed by atoms with E-state index in [0.717, 1.165) is 12.1 Å². The highest BCUT2D eigenvalue weighted by Gasteiger charge is 2.05. The molecule has 0 aromatic heterocycles. The fraction of sp³-hybridized carbons (Fsp3) is 0.133. The normalized spacial score (nSPS) is 11.3. The first-order valence-corrected chi connectivity index (χ1v) is 5.96. The Balaban J connectivity index is 1.90. The summed E-state index contributed by atoms with van der Waals surface area (Å²) in [5, 5.41) is 3.48. The maximum atomic E-state index is 13.3. The SMILES string of the molecule is Fc1ccc(CO/N=[C]\c2ccc(C(F)F)cc2)c(F)c1. The van der Waals surface area contributed by atoms with Gasteiger partial charge in [-0.25, -0.2) is 17.6 Å². The van der Waals surface area contributed by atoms with Crippen molar-refractivity contribution in [2.75, 3.05) is 0 Å². The van der Waals surface area contributed by atoms with Gasteiger partial charge in [-0.15, -0.1) is 0 Å². The van der Waals surface area contributed by atoms with E-state index < -0.39 is 18.1 Å². The van der Waals surface area contributed by atoms with Crippen molar-refractivity contribution in [1.29, 1.82) is 0 Å². The molecule has 0 fully saturated rings. The molecule has 0 spiro atoms. The van der Waals surface area contributed by atoms with Gasteiger partial charge in [-0.1, -0.05) is 29.4 Å². The molecule has 21 heavy (non-hydrogen) atoms. The van der Waals surface area contributed by atoms with Crippen molar-refractivity contribution >= 4 is 6.21 Å². The molecular formula is C15H10F4NO. The van der Waals surface area contributed by atoms with Crippen LogP contribution in [-0.2, 0) is 11.4 Å². The lowest BCUT2D eigenvalue weighted by atomic mass is 10.1. The third-order valence-electron chi connectivity index (χ3n) is 2.64. The summed E-state index contributed by atoms with van der Waals surface area (Å²) in [7, 11) is 0. The zero-order valence-electron chi connectivity index (χ0n) is 10.7. The van der Waals surface area contributed by atoms with Crippen LogP contribution >= 0.6 is 0 Å². The summed E-state index contributed by atoms with van der Waals surface area (Å²) in [6.07, 6.45) is -0.0604. The van der Waals surface area contributed by atoms with E-state index in [1.807, 2.05) is 0 Å². The molecule has 0 aliphatic heterocycles. The van der Waals surface area contributed by atoms with Crippen molar-refractivity contribution in [3.05, 3.63) is 70.8 Å². The Bertz CT molecular complexity index is 626. The monoisotopic (exact) mass is 296 g/mol. The molecule has 0 atom stereocenters. The molecule has 2 aromatic rings. The van der Waals surface area contributed by atoms with E-state index >= 15 is 0 Å². The van der Waals surface area contributed by atoms with E-state index in [1.165, 1.54) is 30.3 Å². The van der Waals surface area contributed by atoms with Crippen molar-refractivity contribution in [3.63, 3.8) is 0 Å². The second kappa shape index (κ2) is 6.88. The average molecular weight is 296 g/mol. The predicted octanol–water partition coefficient (Wildman–Crippen LogP) is 4.33. The number of halogens is 4. The van der Waals surface area contributed by atoms with Gasteiger partial charge in [0.2, 0.25) is 0 Å². The van der Waals surface area contributed by atoms with Gasteiger partial charge >= 0.3 is 0 Å². The van der Waals surface area contributed by atoms with Gasteiger partial charge in [0.05, 0.1) is 0 Å². The number of hydrogen-bond acceptors (Lipinski definition) is 2. The van der Waals surface area contributed by atoms with Crippen LogP contribution in [0.2, 0.25) is 0 Å². The molecule has 109 valence electrons. The predicted molar refractivity (Wildman–Crippen MR) is 69.1 cm³/mol. The topological polar surface area (TPSA) is 21.6 Å². The van der Waals surface area contributed by atoms with Crippen LogP contribution in [0, 0.1) is 11.6 Å². The zero-order chi connectivity index (χ0) is 15.2. The number of benzene rings is 2. The molecule has 0 bridgehead atoms. The van der Waals surface area contributed by atoms with Crippen molar-refractivity contribution in [2.24, 2.45) is 5.16 Å². The number of hydrogen-bond donors (Lipinski definition) is 0. The number of rotatable bonds is 5. The highest BCUT2D eigenvalue weighted by molar-refractivity contribution is 5.79. The van der Waals surface area contributed by atoms with E-state index in [1.54, 1.807) is 0 Å². The standard InChI is InChI=1S/C15H10F4NO/c16-13-6-5-12(14(17)7-13)9-21-20-8-10-1-3-11(4-2-10)15(18)19/h1-7,15H,9H2. The van der Waals surface area contributed by atoms with Gasteiger partial charge in [-0.05, 0) is 12.1 Å². The number of alkyl halides is 2. The highest BCUT2D eigenvalue weighted by atomic mass is 19.3. The third-order valence-corrected chi connectivity index (χ3v) is 2.64. The van der Waals surface area contributed by atoms with Crippen molar-refractivity contribution < 1.29 is 22.4 Å². The summed E-state index contributed by atoms with van der Waals surface area (Å²) in [4.78, 5) is 4.83. The molecule has 0 amide bonds. The van der Waals surface area contributed by atoms with E-state index in [4.69, 9.17) is 4.84 Å². The minimum atomic E-state index is -2.53. The molecule has 0 saturated carbocycles. The Morgan fingerprint density at radius 2 is 1.76 bits per heavy atom. The molecule has 2 nitrogen and oxygen atoms in total. The summed E-state index contributed by atoms with van der Waals surface area (Å²) in [5.74, 6) is -1.41. The molecular weight excluding hydrogens is 286 g/mol. The fourth-order valence-corrected chi connectivity index (χ4v) is 1.53. The molecule has 0 heterocycles. The quantitative estimate of drug-likeness (QED) is 0.457. The van der Waals surface area contributed by atoms with Gasteiger partial charge in [0.25, 0.3) is 6.43 Å². The van der Waals surface area contributed by atoms with Crippen LogP contribution in [0.25, 0.3) is 0 Å². The van der Waals surface area contributed by atoms with Crippen LogP contribution in [0.5, 0.6) is 0 Å². The molecule has 0 aliphatic carbocycles. The lowest BCUT2D eigenvalue weighted by Gasteiger charge is -2.01. The average Bonchev–Trinajstić information content (AvgIpc) is 2.46. The second-order valence-electron chi connectivity index (χ2n) is 4.13. The molecule has 0 aliphatic rings. The van der Waals surface area contributed by atoms with Crippen LogP contribution in [0.1, 0.15) is 23.1 Å². The Labute approximate surface area is 118 Å². The molecule has 2 rings (SSSR count). The first-order valence-electron chi connectivity index (χ1n) is 5.96. The maximum absolute atomic E-state index is 13.3. The molecule has 2 aromatic carbocycles. The molecule has 0 unspecified atom stereocenters. The minimum absolute atomic E-state index is 0.102. The van der Waals surface area contributed by atoms with E-state index in [2.05, 4.69) is 11.4 Å². The van der Waals surface area contributed by atoms with E-state index in [-0.39, 0.29) is 17.7 Å². The van der Waals surface area contributed by atoms with Crippen molar-refractivity contribution in [1.82, 2.24) is 0 Å². The molecule has 6 heteroatoms. The third kappa shape index (κ3) is 4.30. The first-order chi connectivity index (χ1) is 10.1. The van der Waals surface area contributed by atoms with Crippen LogP contribution in [0.15, 0.2) is 47.6 Å². The van der Waals surface area contributed by atoms with Crippen LogP contribution in [-0.4, -0.2) is 6.21 Å². The van der Waals surface area contributed by atoms with Crippen LogP contribution in [0.3, 0.4) is 0 Å². The number of nitrogens with zero attached hydrogens (tertiary/aromatic N) is 1. The minimum Gasteiger partial charge on any atom is -0.390 e. The maximum Gasteiger partial charge on any atom is 0.263 e. The summed E-state index contributed by atoms with van der Waals surface area (Å²) in [6, 6.07) is 8.43. The van der Waals surface area contributed by atoms with E-state index in [0.29, 0.717) is 5.56 Å². The van der Waals surface area contributed by atoms with Gasteiger partial charge in [0, 0.05) is 22.8 Å². The smallest absolute Gasteiger partial charge is 0.263 e. The van der Waals surface area contributed by atoms with Crippen molar-refractivity contribution in [3.8, 4) is 0 Å². The van der Waals surface area contributed by atoms with Gasteiger partial charge in [-0.3, -0.25) is 0 Å². The largest absolute Gasteiger partial charge is 0.390 e. The lowest BCUT2D eigenvalue weighted by molar-refractivity contribution is 0.129. The second-order valence-corrected chi connectivity index (χ2v) is 4.13. The first kappa shape index (κ1) is 15.0. The van der Waals surface area contributed by atoms with Gasteiger partial charge in [0.15, 0.2) is 0 Å². The fourth-order valence-electron chi connectivity index (χ4n) is 1.53. The zero-order valence-corrected chi connectivity index (χ0v) is 10.7. The summed E-state index contributed by atoms with van der Waals surface area (Å²) < 4.78 is 50.6. The summed E-state index contributed by atoms with van der Waals surface area (Å²) in [5.41, 5.74) is 0.490. The van der Waals surface area contributed by atoms with Crippen LogP contribution in [0.4, 0.5) is 17.6 Å². The Kier molecular flexibility index (Phi) is 4.92. The van der Waals surface area contributed by atoms with Gasteiger partial charge < -0.3 is 4.84 Å². The molecule has 1 radical (unpaired) electrons. The van der Waals surface area contributed by atoms with Crippen molar-refractivity contribution in [2.45, 2.75) is 13.0 Å². The summed E-state index contributed by atoms with van der Waals surface area (Å²) in [6.45, 7) is -0.186. The Morgan fingerprint density at radius 3 is 2.38 bits per heavy atom. The Morgan fingerprint density at radius 1 is 1.05 bits per heavy atom. The van der Waals surface area contributed by atoms with E-state index in [9.17, 15) is 17.6 Å². The van der Waals surface area contributed by atoms with Crippen LogP contribution < -0.4 is 0 Å². The molecule has 0 saturated heterocycles. The Hall–Kier alpha value is -2.37. The summed E-state index contributed by atoms with van der Waals surface area (Å²) >= 11 is 0. The molecule has 0 N–H and O–H groups in total. The lowest BCUT2D eigenvalue weighted by Crippen LogP contribution is -1.93.